The average molecular weight is 566 g/mol. The summed E-state index contributed by atoms with van der Waals surface area (Å²) in [5.41, 5.74) is 2.03. The van der Waals surface area contributed by atoms with Crippen molar-refractivity contribution in [1.82, 2.24) is 24.7 Å². The van der Waals surface area contributed by atoms with E-state index in [0.717, 1.165) is 24.4 Å². The van der Waals surface area contributed by atoms with E-state index in [4.69, 9.17) is 5.10 Å². The third-order valence-corrected chi connectivity index (χ3v) is 7.10. The predicted molar refractivity (Wildman–Crippen MR) is 142 cm³/mol. The minimum absolute atomic E-state index is 0.127. The molecule has 35 heavy (non-hydrogen) atoms. The highest BCUT2D eigenvalue weighted by molar-refractivity contribution is 9.10. The maximum atomic E-state index is 12.8. The SMILES string of the molecule is C=C(OC)C(C)(F)P.Cn1cc(NC(=O)c2ccc3ccc(N4CC5CCC4CN5)nn23)c(Br)n1. The molecule has 3 aromatic heterocycles. The molecule has 6 rings (SSSR count). The van der Waals surface area contributed by atoms with E-state index in [0.29, 0.717) is 28.1 Å². The number of alkyl halides is 1. The summed E-state index contributed by atoms with van der Waals surface area (Å²) in [5.74, 6) is 0.837. The highest BCUT2D eigenvalue weighted by atomic mass is 79.9. The summed E-state index contributed by atoms with van der Waals surface area (Å²) in [7, 11) is 5.19. The van der Waals surface area contributed by atoms with Gasteiger partial charge in [-0.1, -0.05) is 15.8 Å². The summed E-state index contributed by atoms with van der Waals surface area (Å²) in [6, 6.07) is 8.79. The minimum Gasteiger partial charge on any atom is -0.498 e. The largest absolute Gasteiger partial charge is 0.498 e. The molecule has 0 aliphatic carbocycles. The molecule has 3 saturated heterocycles. The Balaban J connectivity index is 0.000000314. The lowest BCUT2D eigenvalue weighted by molar-refractivity contribution is 0.102. The number of anilines is 2. The molecule has 2 N–H and O–H groups in total. The molecule has 3 aromatic rings. The highest BCUT2D eigenvalue weighted by Gasteiger charge is 2.34. The van der Waals surface area contributed by atoms with Gasteiger partial charge < -0.3 is 20.3 Å². The zero-order valence-electron chi connectivity index (χ0n) is 20.0. The Kier molecular flexibility index (Phi) is 7.49. The number of halogens is 2. The van der Waals surface area contributed by atoms with E-state index in [-0.39, 0.29) is 11.7 Å². The molecule has 3 fully saturated rings. The van der Waals surface area contributed by atoms with Gasteiger partial charge in [-0.3, -0.25) is 9.48 Å². The van der Waals surface area contributed by atoms with Gasteiger partial charge in [-0.2, -0.15) is 5.10 Å². The number of aromatic nitrogens is 4. The second kappa shape index (κ2) is 10.2. The Morgan fingerprint density at radius 3 is 2.60 bits per heavy atom. The van der Waals surface area contributed by atoms with Gasteiger partial charge in [0, 0.05) is 38.4 Å². The van der Waals surface area contributed by atoms with Gasteiger partial charge >= 0.3 is 0 Å². The van der Waals surface area contributed by atoms with Gasteiger partial charge in [0.2, 0.25) is 0 Å². The van der Waals surface area contributed by atoms with Crippen molar-refractivity contribution in [2.45, 2.75) is 37.3 Å². The number of carbonyl (C=O) groups is 1. The minimum atomic E-state index is -1.49. The lowest BCUT2D eigenvalue weighted by Crippen LogP contribution is -2.61. The molecule has 4 atom stereocenters. The third kappa shape index (κ3) is 5.68. The number of rotatable bonds is 5. The van der Waals surface area contributed by atoms with Crippen molar-refractivity contribution in [2.75, 3.05) is 30.4 Å². The molecule has 1 amide bonds. The van der Waals surface area contributed by atoms with E-state index in [1.54, 1.807) is 21.5 Å². The Morgan fingerprint density at radius 1 is 1.34 bits per heavy atom. The fourth-order valence-electron chi connectivity index (χ4n) is 4.22. The van der Waals surface area contributed by atoms with Crippen molar-refractivity contribution in [3.8, 4) is 0 Å². The number of allylic oxidation sites excluding steroid dienone is 1. The number of nitrogens with one attached hydrogen (secondary N) is 2. The van der Waals surface area contributed by atoms with Crippen LogP contribution in [0.2, 0.25) is 0 Å². The Hall–Kier alpha value is -2.49. The maximum Gasteiger partial charge on any atom is 0.274 e. The first kappa shape index (κ1) is 25.6. The van der Waals surface area contributed by atoms with Crippen molar-refractivity contribution in [1.29, 1.82) is 0 Å². The van der Waals surface area contributed by atoms with Gasteiger partial charge in [0.1, 0.15) is 17.3 Å². The molecule has 0 radical (unpaired) electrons. The molecule has 188 valence electrons. The Morgan fingerprint density at radius 2 is 2.09 bits per heavy atom. The van der Waals surface area contributed by atoms with Crippen molar-refractivity contribution in [3.05, 3.63) is 53.1 Å². The average Bonchev–Trinajstić information content (AvgIpc) is 3.40. The number of amides is 1. The first-order valence-corrected chi connectivity index (χ1v) is 12.6. The molecule has 2 bridgehead atoms. The Bertz CT molecular complexity index is 1230. The molecule has 9 nitrogen and oxygen atoms in total. The van der Waals surface area contributed by atoms with Gasteiger partial charge in [0.25, 0.3) is 5.91 Å². The monoisotopic (exact) mass is 565 g/mol. The van der Waals surface area contributed by atoms with Crippen LogP contribution in [-0.4, -0.2) is 63.0 Å². The van der Waals surface area contributed by atoms with E-state index in [2.05, 4.69) is 53.9 Å². The van der Waals surface area contributed by atoms with Gasteiger partial charge in [0.15, 0.2) is 10.0 Å². The Labute approximate surface area is 214 Å². The molecule has 3 aliphatic rings. The number of fused-ring (bicyclic) bond motifs is 4. The number of nitrogens with zero attached hydrogens (tertiary/aromatic N) is 5. The molecule has 6 heterocycles. The van der Waals surface area contributed by atoms with Crippen LogP contribution in [0.1, 0.15) is 30.3 Å². The van der Waals surface area contributed by atoms with Crippen LogP contribution in [0.3, 0.4) is 0 Å². The first-order chi connectivity index (χ1) is 16.6. The molecular weight excluding hydrogens is 536 g/mol. The number of carbonyl (C=O) groups excluding carboxylic acids is 1. The summed E-state index contributed by atoms with van der Waals surface area (Å²) in [6.07, 6.45) is 4.17. The lowest BCUT2D eigenvalue weighted by Gasteiger charge is -2.46. The second-order valence-corrected chi connectivity index (χ2v) is 10.7. The summed E-state index contributed by atoms with van der Waals surface area (Å²) in [6.45, 7) is 6.66. The third-order valence-electron chi connectivity index (χ3n) is 6.19. The number of hydrogen-bond acceptors (Lipinski definition) is 6. The molecule has 0 saturated carbocycles. The smallest absolute Gasteiger partial charge is 0.274 e. The van der Waals surface area contributed by atoms with Crippen LogP contribution in [0.5, 0.6) is 0 Å². The van der Waals surface area contributed by atoms with Crippen LogP contribution in [-0.2, 0) is 11.8 Å². The number of methoxy groups -OCH3 is 1. The van der Waals surface area contributed by atoms with Crippen molar-refractivity contribution < 1.29 is 13.9 Å². The van der Waals surface area contributed by atoms with E-state index in [9.17, 15) is 9.18 Å². The summed E-state index contributed by atoms with van der Waals surface area (Å²) >= 11 is 3.36. The standard InChI is InChI=1S/C18H20BrN7O.C5H10FOP/c1-24-10-14(17(19)23-24)21-18(27)15-6-4-12-5-7-16(22-26(12)15)25-9-11-2-3-13(25)8-20-11;1-4(7-3)5(2,6)8/h4-7,10-11,13,20H,2-3,8-9H2,1H3,(H,21,27);1,8H2,2-3H3. The fourth-order valence-corrected chi connectivity index (χ4v) is 4.79. The van der Waals surface area contributed by atoms with Gasteiger partial charge in [-0.25, -0.2) is 8.91 Å². The molecule has 0 aromatic carbocycles. The van der Waals surface area contributed by atoms with E-state index in [1.807, 2.05) is 28.4 Å². The second-order valence-electron chi connectivity index (χ2n) is 8.90. The van der Waals surface area contributed by atoms with Gasteiger partial charge in [-0.05, 0) is 60.0 Å². The summed E-state index contributed by atoms with van der Waals surface area (Å²) in [5, 5.41) is 13.9. The zero-order chi connectivity index (χ0) is 25.3. The summed E-state index contributed by atoms with van der Waals surface area (Å²) in [4.78, 5) is 15.2. The predicted octanol–water partition coefficient (Wildman–Crippen LogP) is 3.73. The topological polar surface area (TPSA) is 88.7 Å². The summed E-state index contributed by atoms with van der Waals surface area (Å²) < 4.78 is 21.0. The van der Waals surface area contributed by atoms with Crippen LogP contribution >= 0.6 is 25.2 Å². The number of piperidine rings is 2. The molecule has 0 spiro atoms. The number of aryl methyl sites for hydroxylation is 1. The molecule has 3 aliphatic heterocycles. The van der Waals surface area contributed by atoms with E-state index < -0.39 is 5.41 Å². The van der Waals surface area contributed by atoms with Crippen LogP contribution in [0.25, 0.3) is 5.52 Å². The van der Waals surface area contributed by atoms with E-state index in [1.165, 1.54) is 26.9 Å². The first-order valence-electron chi connectivity index (χ1n) is 11.3. The van der Waals surface area contributed by atoms with E-state index >= 15 is 0 Å². The van der Waals surface area contributed by atoms with Crippen molar-refractivity contribution in [2.24, 2.45) is 7.05 Å². The lowest BCUT2D eigenvalue weighted by atomic mass is 9.93. The van der Waals surface area contributed by atoms with Crippen molar-refractivity contribution >= 4 is 48.1 Å². The maximum absolute atomic E-state index is 12.8. The fraction of sp³-hybridized carbons (Fsp3) is 0.435. The van der Waals surface area contributed by atoms with Gasteiger partial charge in [-0.15, -0.1) is 5.10 Å². The number of hydrogen-bond donors (Lipinski definition) is 2. The van der Waals surface area contributed by atoms with Crippen LogP contribution in [0, 0.1) is 0 Å². The molecule has 12 heteroatoms. The highest BCUT2D eigenvalue weighted by Crippen LogP contribution is 2.28. The molecule has 4 unspecified atom stereocenters. The normalized spacial score (nSPS) is 20.7. The number of ether oxygens (including phenoxy) is 1. The van der Waals surface area contributed by atoms with Crippen LogP contribution in [0.15, 0.2) is 47.4 Å². The van der Waals surface area contributed by atoms with Gasteiger partial charge in [0.05, 0.1) is 18.3 Å². The van der Waals surface area contributed by atoms with Crippen LogP contribution in [0.4, 0.5) is 15.9 Å². The molecular formula is C23H30BrFN7O2P. The quantitative estimate of drug-likeness (QED) is 0.362. The van der Waals surface area contributed by atoms with Crippen molar-refractivity contribution in [3.63, 3.8) is 0 Å². The van der Waals surface area contributed by atoms with Crippen LogP contribution < -0.4 is 15.5 Å². The number of piperazine rings is 1. The zero-order valence-corrected chi connectivity index (χ0v) is 22.7.